The normalized spacial score (nSPS) is 16.1. The van der Waals surface area contributed by atoms with Crippen LogP contribution in [0.15, 0.2) is 0 Å². The van der Waals surface area contributed by atoms with Gasteiger partial charge in [-0.3, -0.25) is 4.79 Å². The zero-order valence-electron chi connectivity index (χ0n) is 8.42. The molecule has 3 heteroatoms. The second-order valence-corrected chi connectivity index (χ2v) is 3.82. The Kier molecular flexibility index (Phi) is 4.90. The summed E-state index contributed by atoms with van der Waals surface area (Å²) in [6, 6.07) is 0.131. The van der Waals surface area contributed by atoms with Crippen molar-refractivity contribution in [3.63, 3.8) is 0 Å². The quantitative estimate of drug-likeness (QED) is 0.647. The lowest BCUT2D eigenvalue weighted by Gasteiger charge is -2.19. The smallest absolute Gasteiger partial charge is 0.234 e. The van der Waals surface area contributed by atoms with Gasteiger partial charge in [0.15, 0.2) is 0 Å². The summed E-state index contributed by atoms with van der Waals surface area (Å²) in [6.45, 7) is 8.18. The summed E-state index contributed by atoms with van der Waals surface area (Å²) in [5.74, 6) is 0.359. The molecule has 0 aliphatic heterocycles. The fourth-order valence-corrected chi connectivity index (χ4v) is 1.28. The number of hydrogen-bond acceptors (Lipinski definition) is 2. The van der Waals surface area contributed by atoms with Crippen LogP contribution in [0.25, 0.3) is 0 Å². The van der Waals surface area contributed by atoms with Gasteiger partial charge in [-0.1, -0.05) is 13.8 Å². The molecule has 0 aliphatic rings. The molecule has 2 unspecified atom stereocenters. The number of rotatable bonds is 5. The Labute approximate surface area is 74.7 Å². The molecule has 2 atom stereocenters. The van der Waals surface area contributed by atoms with Gasteiger partial charge >= 0.3 is 0 Å². The van der Waals surface area contributed by atoms with Crippen LogP contribution in [0.2, 0.25) is 0 Å². The maximum atomic E-state index is 10.7. The molecule has 0 aromatic heterocycles. The average Bonchev–Trinajstić information content (AvgIpc) is 1.84. The van der Waals surface area contributed by atoms with Crippen LogP contribution < -0.4 is 11.1 Å². The fraction of sp³-hybridized carbons (Fsp3) is 0.889. The molecular weight excluding hydrogens is 152 g/mol. The Bertz CT molecular complexity index is 145. The third-order valence-electron chi connectivity index (χ3n) is 1.79. The van der Waals surface area contributed by atoms with Crippen LogP contribution in [-0.4, -0.2) is 18.0 Å². The van der Waals surface area contributed by atoms with Crippen molar-refractivity contribution in [2.24, 2.45) is 11.7 Å². The first-order valence-electron chi connectivity index (χ1n) is 4.48. The highest BCUT2D eigenvalue weighted by Crippen LogP contribution is 2.04. The number of nitrogens with one attached hydrogen (secondary N) is 1. The Morgan fingerprint density at radius 1 is 1.33 bits per heavy atom. The van der Waals surface area contributed by atoms with Gasteiger partial charge in [0.1, 0.15) is 0 Å². The third kappa shape index (κ3) is 5.13. The van der Waals surface area contributed by atoms with E-state index in [4.69, 9.17) is 5.73 Å². The first-order chi connectivity index (χ1) is 5.43. The highest BCUT2D eigenvalue weighted by Gasteiger charge is 2.12. The molecule has 0 heterocycles. The number of nitrogens with two attached hydrogens (primary N) is 1. The summed E-state index contributed by atoms with van der Waals surface area (Å²) in [6.07, 6.45) is 1.07. The van der Waals surface area contributed by atoms with E-state index in [1.54, 1.807) is 6.92 Å². The minimum Gasteiger partial charge on any atom is -0.368 e. The standard InChI is InChI=1S/C9H20N2O/c1-6(2)5-7(3)11-8(4)9(10)12/h6-8,11H,5H2,1-4H3,(H2,10,12). The molecule has 0 fully saturated rings. The van der Waals surface area contributed by atoms with Gasteiger partial charge in [-0.2, -0.15) is 0 Å². The van der Waals surface area contributed by atoms with E-state index in [1.807, 2.05) is 0 Å². The van der Waals surface area contributed by atoms with Crippen LogP contribution in [0.5, 0.6) is 0 Å². The molecule has 0 saturated carbocycles. The zero-order chi connectivity index (χ0) is 9.72. The lowest BCUT2D eigenvalue weighted by Crippen LogP contribution is -2.43. The third-order valence-corrected chi connectivity index (χ3v) is 1.79. The van der Waals surface area contributed by atoms with Crippen molar-refractivity contribution in [1.82, 2.24) is 5.32 Å². The van der Waals surface area contributed by atoms with E-state index >= 15 is 0 Å². The molecule has 1 amide bonds. The lowest BCUT2D eigenvalue weighted by molar-refractivity contribution is -0.119. The van der Waals surface area contributed by atoms with Crippen LogP contribution in [0.3, 0.4) is 0 Å². The van der Waals surface area contributed by atoms with Crippen LogP contribution in [0, 0.1) is 5.92 Å². The Balaban J connectivity index is 3.68. The first kappa shape index (κ1) is 11.4. The molecule has 0 bridgehead atoms. The van der Waals surface area contributed by atoms with Gasteiger partial charge in [0.05, 0.1) is 6.04 Å². The summed E-state index contributed by atoms with van der Waals surface area (Å²) in [5.41, 5.74) is 5.11. The minimum absolute atomic E-state index is 0.223. The lowest BCUT2D eigenvalue weighted by atomic mass is 10.0. The van der Waals surface area contributed by atoms with E-state index in [9.17, 15) is 4.79 Å². The number of hydrogen-bond donors (Lipinski definition) is 2. The van der Waals surface area contributed by atoms with Gasteiger partial charge in [-0.25, -0.2) is 0 Å². The molecule has 0 aliphatic carbocycles. The number of primary amides is 1. The Morgan fingerprint density at radius 2 is 1.83 bits per heavy atom. The van der Waals surface area contributed by atoms with Crippen molar-refractivity contribution in [2.75, 3.05) is 0 Å². The molecule has 72 valence electrons. The summed E-state index contributed by atoms with van der Waals surface area (Å²) < 4.78 is 0. The molecule has 3 nitrogen and oxygen atoms in total. The van der Waals surface area contributed by atoms with Crippen molar-refractivity contribution in [3.05, 3.63) is 0 Å². The first-order valence-corrected chi connectivity index (χ1v) is 4.48. The van der Waals surface area contributed by atoms with Gasteiger partial charge in [-0.05, 0) is 26.2 Å². The topological polar surface area (TPSA) is 55.1 Å². The Morgan fingerprint density at radius 3 is 2.17 bits per heavy atom. The van der Waals surface area contributed by atoms with Gasteiger partial charge in [-0.15, -0.1) is 0 Å². The van der Waals surface area contributed by atoms with E-state index in [0.717, 1.165) is 6.42 Å². The molecule has 12 heavy (non-hydrogen) atoms. The van der Waals surface area contributed by atoms with E-state index in [1.165, 1.54) is 0 Å². The van der Waals surface area contributed by atoms with Crippen LogP contribution in [-0.2, 0) is 4.79 Å². The van der Waals surface area contributed by atoms with Gasteiger partial charge in [0.25, 0.3) is 0 Å². The molecule has 0 rings (SSSR count). The average molecular weight is 172 g/mol. The molecule has 0 saturated heterocycles. The summed E-state index contributed by atoms with van der Waals surface area (Å²) in [7, 11) is 0. The Hall–Kier alpha value is -0.570. The summed E-state index contributed by atoms with van der Waals surface area (Å²) in [5, 5.41) is 3.14. The summed E-state index contributed by atoms with van der Waals surface area (Å²) >= 11 is 0. The maximum Gasteiger partial charge on any atom is 0.234 e. The van der Waals surface area contributed by atoms with Crippen LogP contribution in [0.1, 0.15) is 34.1 Å². The number of amides is 1. The predicted molar refractivity (Wildman–Crippen MR) is 50.7 cm³/mol. The molecule has 0 aromatic rings. The fourth-order valence-electron chi connectivity index (χ4n) is 1.28. The van der Waals surface area contributed by atoms with E-state index in [2.05, 4.69) is 26.1 Å². The minimum atomic E-state index is -0.286. The van der Waals surface area contributed by atoms with Crippen molar-refractivity contribution in [2.45, 2.75) is 46.2 Å². The van der Waals surface area contributed by atoms with Crippen LogP contribution >= 0.6 is 0 Å². The highest BCUT2D eigenvalue weighted by atomic mass is 16.1. The van der Waals surface area contributed by atoms with Gasteiger partial charge in [0.2, 0.25) is 5.91 Å². The van der Waals surface area contributed by atoms with E-state index in [0.29, 0.717) is 12.0 Å². The molecular formula is C9H20N2O. The predicted octanol–water partition coefficient (Wildman–Crippen LogP) is 0.884. The molecule has 3 N–H and O–H groups in total. The second kappa shape index (κ2) is 5.14. The molecule has 0 radical (unpaired) electrons. The number of carbonyl (C=O) groups is 1. The van der Waals surface area contributed by atoms with Crippen molar-refractivity contribution in [1.29, 1.82) is 0 Å². The van der Waals surface area contributed by atoms with Crippen molar-refractivity contribution >= 4 is 5.91 Å². The SMILES string of the molecule is CC(C)CC(C)NC(C)C(N)=O. The van der Waals surface area contributed by atoms with Gasteiger partial charge in [0, 0.05) is 6.04 Å². The highest BCUT2D eigenvalue weighted by molar-refractivity contribution is 5.79. The van der Waals surface area contributed by atoms with Crippen molar-refractivity contribution < 1.29 is 4.79 Å². The largest absolute Gasteiger partial charge is 0.368 e. The van der Waals surface area contributed by atoms with Crippen LogP contribution in [0.4, 0.5) is 0 Å². The maximum absolute atomic E-state index is 10.7. The zero-order valence-corrected chi connectivity index (χ0v) is 8.42. The molecule has 0 spiro atoms. The van der Waals surface area contributed by atoms with Gasteiger partial charge < -0.3 is 11.1 Å². The molecule has 0 aromatic carbocycles. The monoisotopic (exact) mass is 172 g/mol. The van der Waals surface area contributed by atoms with E-state index < -0.39 is 0 Å². The van der Waals surface area contributed by atoms with E-state index in [-0.39, 0.29) is 11.9 Å². The second-order valence-electron chi connectivity index (χ2n) is 3.82. The number of carbonyl (C=O) groups excluding carboxylic acids is 1. The van der Waals surface area contributed by atoms with Crippen molar-refractivity contribution in [3.8, 4) is 0 Å². The summed E-state index contributed by atoms with van der Waals surface area (Å²) in [4.78, 5) is 10.7.